The molecule has 0 saturated carbocycles. The van der Waals surface area contributed by atoms with Crippen LogP contribution in [0.1, 0.15) is 33.7 Å². The number of fused-ring (bicyclic) bond motifs is 1. The summed E-state index contributed by atoms with van der Waals surface area (Å²) in [5, 5.41) is 4.68. The lowest BCUT2D eigenvalue weighted by Gasteiger charge is -2.12. The van der Waals surface area contributed by atoms with Gasteiger partial charge in [0.05, 0.1) is 10.7 Å². The van der Waals surface area contributed by atoms with Crippen LogP contribution in [-0.2, 0) is 12.8 Å². The van der Waals surface area contributed by atoms with E-state index in [-0.39, 0.29) is 5.69 Å². The van der Waals surface area contributed by atoms with Crippen LogP contribution in [0.2, 0.25) is 5.02 Å². The zero-order valence-electron chi connectivity index (χ0n) is 14.7. The molecule has 0 unspecified atom stereocenters. The molecule has 0 saturated heterocycles. The molecular formula is C21H17ClN2O3. The predicted molar refractivity (Wildman–Crippen MR) is 103 cm³/mol. The summed E-state index contributed by atoms with van der Waals surface area (Å²) in [6, 6.07) is 14.0. The fourth-order valence-corrected chi connectivity index (χ4v) is 3.54. The molecule has 0 fully saturated rings. The maximum atomic E-state index is 12.6. The van der Waals surface area contributed by atoms with E-state index in [0.29, 0.717) is 22.2 Å². The van der Waals surface area contributed by atoms with Crippen LogP contribution in [0.15, 0.2) is 53.3 Å². The van der Waals surface area contributed by atoms with E-state index in [2.05, 4.69) is 5.10 Å². The zero-order valence-corrected chi connectivity index (χ0v) is 15.5. The summed E-state index contributed by atoms with van der Waals surface area (Å²) in [5.41, 5.74) is 2.86. The Labute approximate surface area is 161 Å². The molecule has 0 radical (unpaired) electrons. The molecule has 0 N–H and O–H groups in total. The fourth-order valence-electron chi connectivity index (χ4n) is 3.32. The van der Waals surface area contributed by atoms with Crippen molar-refractivity contribution in [2.45, 2.75) is 26.2 Å². The van der Waals surface area contributed by atoms with Gasteiger partial charge in [0, 0.05) is 11.8 Å². The summed E-state index contributed by atoms with van der Waals surface area (Å²) in [7, 11) is 0. The summed E-state index contributed by atoms with van der Waals surface area (Å²) in [6.07, 6.45) is 3.13. The van der Waals surface area contributed by atoms with Crippen molar-refractivity contribution in [2.24, 2.45) is 0 Å². The minimum absolute atomic E-state index is 0.277. The average Bonchev–Trinajstić information content (AvgIpc) is 3.10. The lowest BCUT2D eigenvalue weighted by molar-refractivity contribution is 0.0725. The summed E-state index contributed by atoms with van der Waals surface area (Å²) < 4.78 is 6.89. The molecule has 4 rings (SSSR count). The van der Waals surface area contributed by atoms with Crippen LogP contribution in [0.4, 0.5) is 0 Å². The topological polar surface area (TPSA) is 61.2 Å². The Hall–Kier alpha value is -2.92. The summed E-state index contributed by atoms with van der Waals surface area (Å²) >= 11 is 6.23. The molecule has 27 heavy (non-hydrogen) atoms. The van der Waals surface area contributed by atoms with E-state index in [9.17, 15) is 9.59 Å². The Balaban J connectivity index is 1.69. The first-order valence-electron chi connectivity index (χ1n) is 8.73. The maximum Gasteiger partial charge on any atom is 0.368 e. The lowest BCUT2D eigenvalue weighted by Crippen LogP contribution is -2.25. The first-order valence-corrected chi connectivity index (χ1v) is 9.10. The van der Waals surface area contributed by atoms with Gasteiger partial charge in [-0.2, -0.15) is 5.10 Å². The summed E-state index contributed by atoms with van der Waals surface area (Å²) in [6.45, 7) is 1.73. The second-order valence-electron chi connectivity index (χ2n) is 6.54. The quantitative estimate of drug-likeness (QED) is 0.510. The molecule has 0 amide bonds. The molecule has 0 bridgehead atoms. The van der Waals surface area contributed by atoms with E-state index in [1.165, 1.54) is 21.9 Å². The van der Waals surface area contributed by atoms with E-state index in [1.54, 1.807) is 31.2 Å². The highest BCUT2D eigenvalue weighted by Gasteiger charge is 2.19. The van der Waals surface area contributed by atoms with Crippen LogP contribution < -0.4 is 10.2 Å². The molecule has 0 spiro atoms. The van der Waals surface area contributed by atoms with Gasteiger partial charge in [0.1, 0.15) is 5.75 Å². The van der Waals surface area contributed by atoms with Crippen molar-refractivity contribution in [3.05, 3.63) is 86.3 Å². The first kappa shape index (κ1) is 17.5. The van der Waals surface area contributed by atoms with Gasteiger partial charge in [0.2, 0.25) is 11.1 Å². The third-order valence-electron chi connectivity index (χ3n) is 4.66. The highest BCUT2D eigenvalue weighted by atomic mass is 35.5. The zero-order chi connectivity index (χ0) is 19.0. The van der Waals surface area contributed by atoms with Crippen LogP contribution in [0, 0.1) is 6.92 Å². The lowest BCUT2D eigenvalue weighted by atomic mass is 10.1. The summed E-state index contributed by atoms with van der Waals surface area (Å²) in [4.78, 5) is 24.9. The van der Waals surface area contributed by atoms with Gasteiger partial charge in [-0.3, -0.25) is 4.79 Å². The van der Waals surface area contributed by atoms with E-state index < -0.39 is 11.4 Å². The standard InChI is InChI=1S/C21H17ClN2O3/c1-13-11-19(25)20(23-24(13)18-8-3-2-7-17(18)22)21(26)27-16-10-9-14-5-4-6-15(14)12-16/h2-3,7-12H,4-6H2,1H3. The number of carbonyl (C=O) groups excluding carboxylic acids is 1. The number of ether oxygens (including phenoxy) is 1. The van der Waals surface area contributed by atoms with Crippen LogP contribution in [0.25, 0.3) is 5.69 Å². The summed E-state index contributed by atoms with van der Waals surface area (Å²) in [5.74, 6) is -0.356. The number of esters is 1. The molecule has 2 aromatic carbocycles. The van der Waals surface area contributed by atoms with E-state index in [4.69, 9.17) is 16.3 Å². The number of rotatable bonds is 3. The van der Waals surface area contributed by atoms with E-state index in [0.717, 1.165) is 19.3 Å². The molecule has 0 aliphatic heterocycles. The SMILES string of the molecule is Cc1cc(=O)c(C(=O)Oc2ccc3c(c2)CCC3)nn1-c1ccccc1Cl. The monoisotopic (exact) mass is 380 g/mol. The molecule has 6 heteroatoms. The molecule has 1 heterocycles. The van der Waals surface area contributed by atoms with Crippen molar-refractivity contribution in [1.29, 1.82) is 0 Å². The largest absolute Gasteiger partial charge is 0.422 e. The minimum atomic E-state index is -0.779. The van der Waals surface area contributed by atoms with E-state index in [1.807, 2.05) is 18.2 Å². The van der Waals surface area contributed by atoms with Crippen molar-refractivity contribution in [3.8, 4) is 11.4 Å². The van der Waals surface area contributed by atoms with Crippen LogP contribution in [0.5, 0.6) is 5.75 Å². The Morgan fingerprint density at radius 2 is 1.89 bits per heavy atom. The van der Waals surface area contributed by atoms with Crippen molar-refractivity contribution < 1.29 is 9.53 Å². The average molecular weight is 381 g/mol. The molecule has 1 aliphatic rings. The molecule has 3 aromatic rings. The Bertz CT molecular complexity index is 1100. The highest BCUT2D eigenvalue weighted by molar-refractivity contribution is 6.32. The van der Waals surface area contributed by atoms with Crippen LogP contribution >= 0.6 is 11.6 Å². The third kappa shape index (κ3) is 3.38. The molecule has 136 valence electrons. The Morgan fingerprint density at radius 3 is 2.70 bits per heavy atom. The predicted octanol–water partition coefficient (Wildman–Crippen LogP) is 3.90. The Kier molecular flexibility index (Phi) is 4.54. The highest BCUT2D eigenvalue weighted by Crippen LogP contribution is 2.26. The number of aryl methyl sites for hydroxylation is 3. The van der Waals surface area contributed by atoms with Gasteiger partial charge in [0.15, 0.2) is 0 Å². The number of nitrogens with zero attached hydrogens (tertiary/aromatic N) is 2. The van der Waals surface area contributed by atoms with Gasteiger partial charge >= 0.3 is 5.97 Å². The van der Waals surface area contributed by atoms with Crippen molar-refractivity contribution >= 4 is 17.6 Å². The van der Waals surface area contributed by atoms with Crippen LogP contribution in [-0.4, -0.2) is 15.7 Å². The molecule has 0 atom stereocenters. The molecule has 5 nitrogen and oxygen atoms in total. The van der Waals surface area contributed by atoms with Gasteiger partial charge in [-0.05, 0) is 61.6 Å². The number of hydrogen-bond acceptors (Lipinski definition) is 4. The van der Waals surface area contributed by atoms with Gasteiger partial charge in [0.25, 0.3) is 0 Å². The maximum absolute atomic E-state index is 12.6. The third-order valence-corrected chi connectivity index (χ3v) is 4.98. The van der Waals surface area contributed by atoms with Gasteiger partial charge in [-0.15, -0.1) is 0 Å². The van der Waals surface area contributed by atoms with Gasteiger partial charge in [-0.1, -0.05) is 29.8 Å². The number of aromatic nitrogens is 2. The van der Waals surface area contributed by atoms with Crippen LogP contribution in [0.3, 0.4) is 0 Å². The second-order valence-corrected chi connectivity index (χ2v) is 6.94. The first-order chi connectivity index (χ1) is 13.0. The minimum Gasteiger partial charge on any atom is -0.422 e. The van der Waals surface area contributed by atoms with Gasteiger partial charge < -0.3 is 4.74 Å². The normalized spacial score (nSPS) is 12.7. The number of para-hydroxylation sites is 1. The molecule has 1 aromatic heterocycles. The smallest absolute Gasteiger partial charge is 0.368 e. The second kappa shape index (κ2) is 7.00. The van der Waals surface area contributed by atoms with Crippen molar-refractivity contribution in [2.75, 3.05) is 0 Å². The number of benzene rings is 2. The number of carbonyl (C=O) groups is 1. The fraction of sp³-hybridized carbons (Fsp3) is 0.190. The number of halogens is 1. The molecule has 1 aliphatic carbocycles. The molecular weight excluding hydrogens is 364 g/mol. The van der Waals surface area contributed by atoms with E-state index >= 15 is 0 Å². The van der Waals surface area contributed by atoms with Crippen molar-refractivity contribution in [3.63, 3.8) is 0 Å². The van der Waals surface area contributed by atoms with Gasteiger partial charge in [-0.25, -0.2) is 9.48 Å². The number of hydrogen-bond donors (Lipinski definition) is 0. The Morgan fingerprint density at radius 1 is 1.11 bits per heavy atom. The van der Waals surface area contributed by atoms with Crippen molar-refractivity contribution in [1.82, 2.24) is 9.78 Å².